The first-order chi connectivity index (χ1) is 9.56. The van der Waals surface area contributed by atoms with Gasteiger partial charge in [-0.05, 0) is 27.9 Å². The van der Waals surface area contributed by atoms with Crippen molar-refractivity contribution in [1.29, 1.82) is 0 Å². The summed E-state index contributed by atoms with van der Waals surface area (Å²) in [7, 11) is 0. The Bertz CT molecular complexity index is 570. The zero-order valence-corrected chi connectivity index (χ0v) is 12.9. The molecule has 106 valence electrons. The van der Waals surface area contributed by atoms with Gasteiger partial charge in [0.2, 0.25) is 0 Å². The van der Waals surface area contributed by atoms with Crippen LogP contribution in [0, 0.1) is 5.92 Å². The van der Waals surface area contributed by atoms with Crippen LogP contribution < -0.4 is 5.32 Å². The van der Waals surface area contributed by atoms with Crippen LogP contribution in [0.1, 0.15) is 24.2 Å². The van der Waals surface area contributed by atoms with Gasteiger partial charge >= 0.3 is 0 Å². The topological polar surface area (TPSA) is 72.7 Å². The summed E-state index contributed by atoms with van der Waals surface area (Å²) in [6, 6.07) is 1.69. The first kappa shape index (κ1) is 14.6. The second-order valence-corrected chi connectivity index (χ2v) is 5.72. The maximum Gasteiger partial charge on any atom is 0.253 e. The van der Waals surface area contributed by atoms with E-state index in [1.54, 1.807) is 35.7 Å². The molecule has 6 nitrogen and oxygen atoms in total. The second kappa shape index (κ2) is 6.60. The van der Waals surface area contributed by atoms with E-state index in [9.17, 15) is 4.79 Å². The number of halogens is 1. The van der Waals surface area contributed by atoms with E-state index >= 15 is 0 Å². The molecular formula is C13H16BrN5O. The van der Waals surface area contributed by atoms with Gasteiger partial charge in [0.15, 0.2) is 0 Å². The number of pyridine rings is 1. The van der Waals surface area contributed by atoms with Gasteiger partial charge in [-0.1, -0.05) is 13.8 Å². The standard InChI is InChI=1S/C13H16BrN5O/c1-9(2)12(8-19-16-3-4-17-19)18-13(20)10-5-11(14)7-15-6-10/h3-7,9,12H,8H2,1-2H3,(H,18,20)/t12-/m1/s1. The van der Waals surface area contributed by atoms with Gasteiger partial charge in [0.1, 0.15) is 0 Å². The maximum absolute atomic E-state index is 12.2. The lowest BCUT2D eigenvalue weighted by Gasteiger charge is -2.21. The van der Waals surface area contributed by atoms with E-state index in [0.717, 1.165) is 4.47 Å². The van der Waals surface area contributed by atoms with Crippen molar-refractivity contribution in [1.82, 2.24) is 25.3 Å². The molecule has 7 heteroatoms. The number of amides is 1. The Morgan fingerprint density at radius 2 is 2.05 bits per heavy atom. The number of carbonyl (C=O) groups is 1. The minimum absolute atomic E-state index is 0.0473. The molecule has 2 aromatic heterocycles. The molecule has 1 atom stereocenters. The molecule has 0 unspecified atom stereocenters. The van der Waals surface area contributed by atoms with E-state index in [0.29, 0.717) is 12.1 Å². The third-order valence-corrected chi connectivity index (χ3v) is 3.35. The van der Waals surface area contributed by atoms with Crippen molar-refractivity contribution in [2.45, 2.75) is 26.4 Å². The van der Waals surface area contributed by atoms with Gasteiger partial charge in [-0.3, -0.25) is 9.78 Å². The largest absolute Gasteiger partial charge is 0.347 e. The third kappa shape index (κ3) is 3.86. The summed E-state index contributed by atoms with van der Waals surface area (Å²) in [6.07, 6.45) is 6.43. The lowest BCUT2D eigenvalue weighted by Crippen LogP contribution is -2.42. The van der Waals surface area contributed by atoms with Gasteiger partial charge in [0, 0.05) is 16.9 Å². The van der Waals surface area contributed by atoms with Crippen molar-refractivity contribution in [3.8, 4) is 0 Å². The molecule has 0 bridgehead atoms. The van der Waals surface area contributed by atoms with Crippen molar-refractivity contribution in [2.24, 2.45) is 5.92 Å². The van der Waals surface area contributed by atoms with Crippen molar-refractivity contribution in [2.75, 3.05) is 0 Å². The highest BCUT2D eigenvalue weighted by atomic mass is 79.9. The molecule has 2 aromatic rings. The van der Waals surface area contributed by atoms with E-state index < -0.39 is 0 Å². The molecule has 0 aliphatic heterocycles. The molecule has 0 aliphatic rings. The monoisotopic (exact) mass is 337 g/mol. The minimum Gasteiger partial charge on any atom is -0.347 e. The van der Waals surface area contributed by atoms with Gasteiger partial charge in [-0.2, -0.15) is 15.0 Å². The molecule has 0 saturated heterocycles. The normalized spacial score (nSPS) is 12.4. The molecule has 2 heterocycles. The molecule has 0 radical (unpaired) electrons. The molecule has 2 rings (SSSR count). The predicted octanol–water partition coefficient (Wildman–Crippen LogP) is 1.89. The van der Waals surface area contributed by atoms with Crippen LogP contribution in [0.3, 0.4) is 0 Å². The number of rotatable bonds is 5. The third-order valence-electron chi connectivity index (χ3n) is 2.91. The number of aromatic nitrogens is 4. The Morgan fingerprint density at radius 1 is 1.35 bits per heavy atom. The van der Waals surface area contributed by atoms with Crippen LogP contribution >= 0.6 is 15.9 Å². The average Bonchev–Trinajstić information content (AvgIpc) is 2.90. The van der Waals surface area contributed by atoms with Gasteiger partial charge in [0.25, 0.3) is 5.91 Å². The van der Waals surface area contributed by atoms with Crippen molar-refractivity contribution < 1.29 is 4.79 Å². The number of nitrogens with zero attached hydrogens (tertiary/aromatic N) is 4. The van der Waals surface area contributed by atoms with Crippen LogP contribution in [-0.4, -0.2) is 31.9 Å². The fourth-order valence-electron chi connectivity index (χ4n) is 1.72. The van der Waals surface area contributed by atoms with Crippen molar-refractivity contribution in [3.63, 3.8) is 0 Å². The van der Waals surface area contributed by atoms with Gasteiger partial charge in [-0.15, -0.1) is 0 Å². The summed E-state index contributed by atoms with van der Waals surface area (Å²) in [5.74, 6) is 0.120. The molecule has 0 aromatic carbocycles. The average molecular weight is 338 g/mol. The summed E-state index contributed by atoms with van der Waals surface area (Å²) < 4.78 is 0.778. The van der Waals surface area contributed by atoms with E-state index in [1.807, 2.05) is 13.8 Å². The van der Waals surface area contributed by atoms with Crippen molar-refractivity contribution >= 4 is 21.8 Å². The first-order valence-electron chi connectivity index (χ1n) is 6.32. The molecule has 1 amide bonds. The molecule has 0 fully saturated rings. The fourth-order valence-corrected chi connectivity index (χ4v) is 2.09. The summed E-state index contributed by atoms with van der Waals surface area (Å²) in [4.78, 5) is 17.8. The second-order valence-electron chi connectivity index (χ2n) is 4.80. The summed E-state index contributed by atoms with van der Waals surface area (Å²) in [5, 5.41) is 11.1. The van der Waals surface area contributed by atoms with Crippen LogP contribution in [-0.2, 0) is 6.54 Å². The van der Waals surface area contributed by atoms with Crippen LogP contribution in [0.4, 0.5) is 0 Å². The van der Waals surface area contributed by atoms with Gasteiger partial charge in [-0.25, -0.2) is 0 Å². The predicted molar refractivity (Wildman–Crippen MR) is 78.1 cm³/mol. The van der Waals surface area contributed by atoms with Crippen LogP contribution in [0.5, 0.6) is 0 Å². The Balaban J connectivity index is 2.06. The van der Waals surface area contributed by atoms with E-state index in [1.165, 1.54) is 0 Å². The first-order valence-corrected chi connectivity index (χ1v) is 7.11. The summed E-state index contributed by atoms with van der Waals surface area (Å²) in [5.41, 5.74) is 0.526. The Kier molecular flexibility index (Phi) is 4.84. The lowest BCUT2D eigenvalue weighted by atomic mass is 10.0. The molecule has 0 saturated carbocycles. The van der Waals surface area contributed by atoms with E-state index in [2.05, 4.69) is 36.4 Å². The fraction of sp³-hybridized carbons (Fsp3) is 0.385. The summed E-state index contributed by atoms with van der Waals surface area (Å²) in [6.45, 7) is 4.64. The number of hydrogen-bond acceptors (Lipinski definition) is 4. The SMILES string of the molecule is CC(C)[C@@H](Cn1nccn1)NC(=O)c1cncc(Br)c1. The zero-order valence-electron chi connectivity index (χ0n) is 11.3. The van der Waals surface area contributed by atoms with Crippen LogP contribution in [0.15, 0.2) is 35.3 Å². The smallest absolute Gasteiger partial charge is 0.253 e. The summed E-state index contributed by atoms with van der Waals surface area (Å²) >= 11 is 3.31. The number of carbonyl (C=O) groups excluding carboxylic acids is 1. The Morgan fingerprint density at radius 3 is 2.65 bits per heavy atom. The maximum atomic E-state index is 12.2. The molecule has 20 heavy (non-hydrogen) atoms. The number of hydrogen-bond donors (Lipinski definition) is 1. The Labute approximate surface area is 125 Å². The van der Waals surface area contributed by atoms with Gasteiger partial charge in [0.05, 0.1) is 30.5 Å². The van der Waals surface area contributed by atoms with Crippen LogP contribution in [0.25, 0.3) is 0 Å². The van der Waals surface area contributed by atoms with Gasteiger partial charge < -0.3 is 5.32 Å². The molecular weight excluding hydrogens is 322 g/mol. The van der Waals surface area contributed by atoms with Crippen molar-refractivity contribution in [3.05, 3.63) is 40.9 Å². The van der Waals surface area contributed by atoms with Crippen LogP contribution in [0.2, 0.25) is 0 Å². The highest BCUT2D eigenvalue weighted by molar-refractivity contribution is 9.10. The quantitative estimate of drug-likeness (QED) is 0.904. The zero-order chi connectivity index (χ0) is 14.5. The highest BCUT2D eigenvalue weighted by Gasteiger charge is 2.18. The molecule has 0 spiro atoms. The lowest BCUT2D eigenvalue weighted by molar-refractivity contribution is 0.0917. The number of nitrogens with one attached hydrogen (secondary N) is 1. The highest BCUT2D eigenvalue weighted by Crippen LogP contribution is 2.11. The molecule has 1 N–H and O–H groups in total. The van der Waals surface area contributed by atoms with E-state index in [-0.39, 0.29) is 17.9 Å². The Hall–Kier alpha value is -1.76. The minimum atomic E-state index is -0.148. The van der Waals surface area contributed by atoms with E-state index in [4.69, 9.17) is 0 Å². The molecule has 0 aliphatic carbocycles.